The van der Waals surface area contributed by atoms with Crippen LogP contribution in [-0.2, 0) is 41.7 Å². The number of benzene rings is 3. The smallest absolute Gasteiger partial charge is 0.407 e. The molecule has 2 heterocycles. The Labute approximate surface area is 333 Å². The Hall–Kier alpha value is -6.12. The van der Waals surface area contributed by atoms with Gasteiger partial charge in [-0.3, -0.25) is 19.2 Å². The Morgan fingerprint density at radius 2 is 1.04 bits per heavy atom. The molecule has 57 heavy (non-hydrogen) atoms. The fourth-order valence-corrected chi connectivity index (χ4v) is 7.24. The second-order valence-electron chi connectivity index (χ2n) is 14.1. The van der Waals surface area contributed by atoms with Crippen molar-refractivity contribution < 1.29 is 38.2 Å². The van der Waals surface area contributed by atoms with Crippen LogP contribution in [-0.4, -0.2) is 97.1 Å². The highest BCUT2D eigenvalue weighted by Gasteiger charge is 2.38. The van der Waals surface area contributed by atoms with Crippen LogP contribution in [0.4, 0.5) is 26.7 Å². The summed E-state index contributed by atoms with van der Waals surface area (Å²) in [5, 5.41) is 11.0. The van der Waals surface area contributed by atoms with Crippen LogP contribution in [0.1, 0.15) is 63.5 Å². The van der Waals surface area contributed by atoms with Crippen molar-refractivity contribution in [1.29, 1.82) is 0 Å². The molecule has 2 aliphatic rings. The lowest BCUT2D eigenvalue weighted by molar-refractivity contribution is -0.138. The summed E-state index contributed by atoms with van der Waals surface area (Å²) in [6.45, 7) is 5.59. The SMILES string of the molecule is CCC(NC(=O)OC)C(=O)N1CCCC1C(=O)Nc1ccc(CN(Cc2ccc(NC(=O)C3CCCN3C(=O)C(CC)NC(=O)OC)cc2)c2ccccc2)cc1. The van der Waals surface area contributed by atoms with E-state index >= 15 is 0 Å². The first-order valence-corrected chi connectivity index (χ1v) is 19.4. The molecule has 0 radical (unpaired) electrons. The van der Waals surface area contributed by atoms with Crippen molar-refractivity contribution >= 4 is 52.9 Å². The van der Waals surface area contributed by atoms with E-state index in [4.69, 9.17) is 0 Å². The monoisotopic (exact) mass is 783 g/mol. The van der Waals surface area contributed by atoms with Crippen molar-refractivity contribution in [3.8, 4) is 0 Å². The number of para-hydroxylation sites is 1. The second-order valence-corrected chi connectivity index (χ2v) is 14.1. The van der Waals surface area contributed by atoms with Crippen LogP contribution >= 0.6 is 0 Å². The van der Waals surface area contributed by atoms with E-state index in [-0.39, 0.29) is 23.6 Å². The summed E-state index contributed by atoms with van der Waals surface area (Å²) < 4.78 is 9.32. The molecule has 304 valence electrons. The molecule has 4 unspecified atom stereocenters. The third-order valence-electron chi connectivity index (χ3n) is 10.4. The average Bonchev–Trinajstić information content (AvgIpc) is 3.94. The first-order valence-electron chi connectivity index (χ1n) is 19.4. The molecule has 2 saturated heterocycles. The minimum Gasteiger partial charge on any atom is -0.453 e. The lowest BCUT2D eigenvalue weighted by Gasteiger charge is -2.28. The summed E-state index contributed by atoms with van der Waals surface area (Å²) in [5.41, 5.74) is 4.27. The van der Waals surface area contributed by atoms with Gasteiger partial charge in [-0.1, -0.05) is 56.3 Å². The van der Waals surface area contributed by atoms with Gasteiger partial charge in [-0.05, 0) is 86.1 Å². The minimum atomic E-state index is -0.776. The van der Waals surface area contributed by atoms with Crippen LogP contribution in [0.3, 0.4) is 0 Å². The molecule has 15 heteroatoms. The van der Waals surface area contributed by atoms with E-state index in [2.05, 4.69) is 35.6 Å². The van der Waals surface area contributed by atoms with Gasteiger partial charge in [-0.25, -0.2) is 9.59 Å². The number of carbonyl (C=O) groups excluding carboxylic acids is 6. The highest BCUT2D eigenvalue weighted by Crippen LogP contribution is 2.25. The van der Waals surface area contributed by atoms with Crippen LogP contribution < -0.4 is 26.2 Å². The normalized spacial score (nSPS) is 17.2. The van der Waals surface area contributed by atoms with Crippen LogP contribution in [0.5, 0.6) is 0 Å². The van der Waals surface area contributed by atoms with Gasteiger partial charge < -0.3 is 45.4 Å². The maximum absolute atomic E-state index is 13.4. The van der Waals surface area contributed by atoms with E-state index in [0.717, 1.165) is 16.8 Å². The topological polar surface area (TPSA) is 179 Å². The Balaban J connectivity index is 1.19. The van der Waals surface area contributed by atoms with Crippen LogP contribution in [0.2, 0.25) is 0 Å². The van der Waals surface area contributed by atoms with Gasteiger partial charge >= 0.3 is 12.2 Å². The number of nitrogens with zero attached hydrogens (tertiary/aromatic N) is 3. The van der Waals surface area contributed by atoms with Gasteiger partial charge in [0.25, 0.3) is 0 Å². The predicted octanol–water partition coefficient (Wildman–Crippen LogP) is 5.02. The fourth-order valence-electron chi connectivity index (χ4n) is 7.24. The molecule has 6 amide bonds. The lowest BCUT2D eigenvalue weighted by Crippen LogP contribution is -2.52. The predicted molar refractivity (Wildman–Crippen MR) is 215 cm³/mol. The molecule has 0 aromatic heterocycles. The molecule has 3 aromatic rings. The molecule has 15 nitrogen and oxygen atoms in total. The molecule has 0 saturated carbocycles. The zero-order valence-corrected chi connectivity index (χ0v) is 33.0. The molecule has 3 aromatic carbocycles. The third-order valence-corrected chi connectivity index (χ3v) is 10.4. The number of anilines is 3. The molecule has 0 spiro atoms. The zero-order valence-electron chi connectivity index (χ0n) is 33.0. The van der Waals surface area contributed by atoms with Gasteiger partial charge in [0.1, 0.15) is 24.2 Å². The highest BCUT2D eigenvalue weighted by molar-refractivity contribution is 5.99. The zero-order chi connectivity index (χ0) is 40.9. The minimum absolute atomic E-state index is 0.279. The Bertz CT molecular complexity index is 1740. The molecule has 2 fully saturated rings. The number of carbonyl (C=O) groups is 6. The Morgan fingerprint density at radius 3 is 1.40 bits per heavy atom. The summed E-state index contributed by atoms with van der Waals surface area (Å²) in [6, 6.07) is 22.4. The van der Waals surface area contributed by atoms with E-state index < -0.39 is 36.4 Å². The first kappa shape index (κ1) is 42.0. The second kappa shape index (κ2) is 20.2. The van der Waals surface area contributed by atoms with Crippen molar-refractivity contribution in [3.63, 3.8) is 0 Å². The summed E-state index contributed by atoms with van der Waals surface area (Å²) in [7, 11) is 2.48. The molecule has 0 aliphatic carbocycles. The number of hydrogen-bond donors (Lipinski definition) is 4. The maximum Gasteiger partial charge on any atom is 0.407 e. The van der Waals surface area contributed by atoms with Crippen LogP contribution in [0.15, 0.2) is 78.9 Å². The van der Waals surface area contributed by atoms with E-state index in [0.29, 0.717) is 76.1 Å². The van der Waals surface area contributed by atoms with Crippen LogP contribution in [0.25, 0.3) is 0 Å². The number of likely N-dealkylation sites (tertiary alicyclic amines) is 2. The average molecular weight is 784 g/mol. The Morgan fingerprint density at radius 1 is 0.632 bits per heavy atom. The fraction of sp³-hybridized carbons (Fsp3) is 0.429. The third kappa shape index (κ3) is 11.0. The van der Waals surface area contributed by atoms with Crippen molar-refractivity contribution in [3.05, 3.63) is 90.0 Å². The molecule has 2 aliphatic heterocycles. The molecule has 4 atom stereocenters. The molecule has 4 N–H and O–H groups in total. The van der Waals surface area contributed by atoms with Gasteiger partial charge in [-0.15, -0.1) is 0 Å². The number of hydrogen-bond acceptors (Lipinski definition) is 9. The largest absolute Gasteiger partial charge is 0.453 e. The van der Waals surface area contributed by atoms with E-state index in [1.807, 2.05) is 78.9 Å². The summed E-state index contributed by atoms with van der Waals surface area (Å²) >= 11 is 0. The van der Waals surface area contributed by atoms with Crippen LogP contribution in [0, 0.1) is 0 Å². The summed E-state index contributed by atoms with van der Waals surface area (Å²) in [6.07, 6.45) is 1.78. The molecular formula is C42H53N7O8. The van der Waals surface area contributed by atoms with E-state index in [1.165, 1.54) is 24.0 Å². The van der Waals surface area contributed by atoms with Gasteiger partial charge in [0.15, 0.2) is 0 Å². The van der Waals surface area contributed by atoms with E-state index in [1.54, 1.807) is 13.8 Å². The van der Waals surface area contributed by atoms with Gasteiger partial charge in [0, 0.05) is 43.2 Å². The molecule has 5 rings (SSSR count). The van der Waals surface area contributed by atoms with Crippen molar-refractivity contribution in [2.24, 2.45) is 0 Å². The summed E-state index contributed by atoms with van der Waals surface area (Å²) in [5.74, 6) is -1.17. The maximum atomic E-state index is 13.4. The highest BCUT2D eigenvalue weighted by atomic mass is 16.5. The number of alkyl carbamates (subject to hydrolysis) is 2. The van der Waals surface area contributed by atoms with Gasteiger partial charge in [-0.2, -0.15) is 0 Å². The summed E-state index contributed by atoms with van der Waals surface area (Å²) in [4.78, 5) is 82.0. The van der Waals surface area contributed by atoms with Crippen molar-refractivity contribution in [1.82, 2.24) is 20.4 Å². The van der Waals surface area contributed by atoms with Crippen molar-refractivity contribution in [2.45, 2.75) is 89.6 Å². The first-order chi connectivity index (χ1) is 27.5. The van der Waals surface area contributed by atoms with Gasteiger partial charge in [0.05, 0.1) is 14.2 Å². The number of amides is 6. The quantitative estimate of drug-likeness (QED) is 0.165. The molecule has 0 bridgehead atoms. The standard InChI is InChI=1S/C42H53N7O8/c1-5-33(45-41(54)56-3)39(52)48-24-10-14-35(48)37(50)43-30-20-16-28(17-21-30)26-47(32-12-8-7-9-13-32)27-29-18-22-31(23-19-29)44-38(51)36-15-11-25-49(36)40(53)34(6-2)46-42(55)57-4/h7-9,12-13,16-23,33-36H,5-6,10-11,14-15,24-27H2,1-4H3,(H,43,50)(H,44,51)(H,45,54)(H,46,55). The van der Waals surface area contributed by atoms with Crippen molar-refractivity contribution in [2.75, 3.05) is 42.8 Å². The number of methoxy groups -OCH3 is 2. The lowest BCUT2D eigenvalue weighted by atomic mass is 10.1. The molecular weight excluding hydrogens is 731 g/mol. The Kier molecular flexibility index (Phi) is 14.9. The van der Waals surface area contributed by atoms with Gasteiger partial charge in [0.2, 0.25) is 23.6 Å². The number of nitrogens with one attached hydrogen (secondary N) is 4. The number of ether oxygens (including phenoxy) is 2. The number of rotatable bonds is 15. The van der Waals surface area contributed by atoms with E-state index in [9.17, 15) is 28.8 Å².